The minimum Gasteiger partial charge on any atom is -0.480 e. The summed E-state index contributed by atoms with van der Waals surface area (Å²) in [5.74, 6) is 0.571. The monoisotopic (exact) mass is 512 g/mol. The van der Waals surface area contributed by atoms with Crippen LogP contribution in [-0.2, 0) is 14.8 Å². The predicted molar refractivity (Wildman–Crippen MR) is 132 cm³/mol. The van der Waals surface area contributed by atoms with Crippen LogP contribution in [0.1, 0.15) is 69.9 Å². The maximum atomic E-state index is 12.2. The zero-order valence-corrected chi connectivity index (χ0v) is 21.6. The van der Waals surface area contributed by atoms with Gasteiger partial charge in [-0.25, -0.2) is 13.7 Å². The lowest BCUT2D eigenvalue weighted by atomic mass is 9.41. The molecule has 0 radical (unpaired) electrons. The Kier molecular flexibility index (Phi) is 14.1. The summed E-state index contributed by atoms with van der Waals surface area (Å²) in [5, 5.41) is 24.2. The number of sulfonamides is 1. The molecule has 35 heavy (non-hydrogen) atoms. The molecule has 1 aliphatic heterocycles. The molecule has 0 aliphatic carbocycles. The number of amides is 1. The lowest BCUT2D eigenvalue weighted by molar-refractivity contribution is -0.138. The van der Waals surface area contributed by atoms with Crippen LogP contribution in [0.4, 0.5) is 0 Å². The van der Waals surface area contributed by atoms with Gasteiger partial charge in [0.05, 0.1) is 18.4 Å². The van der Waals surface area contributed by atoms with Gasteiger partial charge in [0.15, 0.2) is 0 Å². The Morgan fingerprint density at radius 1 is 1.34 bits per heavy atom. The Bertz CT molecular complexity index is 924. The van der Waals surface area contributed by atoms with Gasteiger partial charge in [-0.3, -0.25) is 9.59 Å². The van der Waals surface area contributed by atoms with Crippen molar-refractivity contribution in [2.24, 2.45) is 5.92 Å². The fourth-order valence-electron chi connectivity index (χ4n) is 3.63. The van der Waals surface area contributed by atoms with E-state index in [9.17, 15) is 23.1 Å². The maximum absolute atomic E-state index is 12.2. The molecule has 1 saturated heterocycles. The zero-order chi connectivity index (χ0) is 26.3. The first kappa shape index (κ1) is 30.4. The van der Waals surface area contributed by atoms with E-state index in [1.165, 1.54) is 6.07 Å². The van der Waals surface area contributed by atoms with E-state index < -0.39 is 34.5 Å². The summed E-state index contributed by atoms with van der Waals surface area (Å²) in [4.78, 5) is 23.6. The Hall–Kier alpha value is -2.59. The first-order chi connectivity index (χ1) is 16.7. The second-order valence-electron chi connectivity index (χ2n) is 8.26. The Morgan fingerprint density at radius 3 is 2.63 bits per heavy atom. The van der Waals surface area contributed by atoms with Crippen LogP contribution in [0.15, 0.2) is 10.6 Å². The largest absolute Gasteiger partial charge is 0.480 e. The zero-order valence-electron chi connectivity index (χ0n) is 20.8. The van der Waals surface area contributed by atoms with Crippen LogP contribution in [0.5, 0.6) is 5.88 Å². The second kappa shape index (κ2) is 16.2. The van der Waals surface area contributed by atoms with Crippen molar-refractivity contribution >= 4 is 28.6 Å². The van der Waals surface area contributed by atoms with E-state index in [-0.39, 0.29) is 24.1 Å². The molecule has 1 unspecified atom stereocenters. The third kappa shape index (κ3) is 11.6. The molecule has 196 valence electrons. The Balaban J connectivity index is 0.00000298. The molecule has 1 aromatic heterocycles. The SMILES string of the molecule is CC.CCCCS(=O)(=O)NC(CNC(=O)c1cc(OCCCC2CCB(C#N)CC2)no1)C(=O)O. The first-order valence-electron chi connectivity index (χ1n) is 12.2. The number of ether oxygens (including phenoxy) is 1. The van der Waals surface area contributed by atoms with E-state index in [1.807, 2.05) is 20.8 Å². The second-order valence-corrected chi connectivity index (χ2v) is 10.1. The molecule has 1 aliphatic rings. The van der Waals surface area contributed by atoms with Crippen LogP contribution in [0.25, 0.3) is 0 Å². The molecule has 1 fully saturated rings. The highest BCUT2D eigenvalue weighted by atomic mass is 32.2. The minimum absolute atomic E-state index is 0.142. The van der Waals surface area contributed by atoms with Crippen LogP contribution in [0.3, 0.4) is 0 Å². The third-order valence-corrected chi connectivity index (χ3v) is 7.07. The van der Waals surface area contributed by atoms with Crippen molar-refractivity contribution in [3.8, 4) is 11.8 Å². The topological polar surface area (TPSA) is 172 Å². The van der Waals surface area contributed by atoms with E-state index in [0.29, 0.717) is 25.4 Å². The predicted octanol–water partition coefficient (Wildman–Crippen LogP) is 2.73. The lowest BCUT2D eigenvalue weighted by Crippen LogP contribution is -2.48. The number of carbonyl (C=O) groups is 2. The molecule has 1 atom stereocenters. The molecule has 1 aromatic rings. The Labute approximate surface area is 208 Å². The van der Waals surface area contributed by atoms with E-state index >= 15 is 0 Å². The van der Waals surface area contributed by atoms with Gasteiger partial charge in [0.2, 0.25) is 15.8 Å². The molecule has 3 N–H and O–H groups in total. The summed E-state index contributed by atoms with van der Waals surface area (Å²) in [6.45, 7) is 5.96. The summed E-state index contributed by atoms with van der Waals surface area (Å²) < 4.78 is 36.4. The smallest absolute Gasteiger partial charge is 0.323 e. The van der Waals surface area contributed by atoms with Gasteiger partial charge in [-0.05, 0) is 30.3 Å². The van der Waals surface area contributed by atoms with Crippen LogP contribution in [0.2, 0.25) is 12.6 Å². The molecule has 0 aromatic carbocycles. The summed E-state index contributed by atoms with van der Waals surface area (Å²) in [5.41, 5.74) is 0. The van der Waals surface area contributed by atoms with Crippen LogP contribution in [0, 0.1) is 17.1 Å². The molecule has 11 nitrogen and oxygen atoms in total. The van der Waals surface area contributed by atoms with E-state index in [1.54, 1.807) is 0 Å². The van der Waals surface area contributed by atoms with Gasteiger partial charge in [-0.1, -0.05) is 52.7 Å². The van der Waals surface area contributed by atoms with Crippen molar-refractivity contribution in [1.82, 2.24) is 15.2 Å². The van der Waals surface area contributed by atoms with Gasteiger partial charge in [0.1, 0.15) is 6.04 Å². The van der Waals surface area contributed by atoms with Crippen molar-refractivity contribution in [2.45, 2.75) is 78.0 Å². The molecule has 0 spiro atoms. The quantitative estimate of drug-likeness (QED) is 0.250. The lowest BCUT2D eigenvalue weighted by Gasteiger charge is -2.22. The number of carboxylic acids is 1. The molecule has 2 rings (SSSR count). The number of rotatable bonds is 14. The molecule has 1 amide bonds. The molecule has 0 bridgehead atoms. The summed E-state index contributed by atoms with van der Waals surface area (Å²) in [7, 11) is -3.77. The highest BCUT2D eigenvalue weighted by Crippen LogP contribution is 2.28. The summed E-state index contributed by atoms with van der Waals surface area (Å²) in [6, 6.07) is -0.202. The normalized spacial score (nSPS) is 14.9. The fourth-order valence-corrected chi connectivity index (χ4v) is 5.04. The van der Waals surface area contributed by atoms with Crippen molar-refractivity contribution < 1.29 is 32.4 Å². The van der Waals surface area contributed by atoms with Crippen molar-refractivity contribution in [3.05, 3.63) is 11.8 Å². The number of hydrogen-bond acceptors (Lipinski definition) is 8. The van der Waals surface area contributed by atoms with Crippen LogP contribution >= 0.6 is 0 Å². The van der Waals surface area contributed by atoms with E-state index in [2.05, 4.69) is 21.2 Å². The average molecular weight is 512 g/mol. The summed E-state index contributed by atoms with van der Waals surface area (Å²) in [6.07, 6.45) is 6.87. The van der Waals surface area contributed by atoms with Crippen molar-refractivity contribution in [1.29, 1.82) is 5.26 Å². The van der Waals surface area contributed by atoms with Crippen LogP contribution < -0.4 is 14.8 Å². The number of nitriles is 1. The fraction of sp³-hybridized carbons (Fsp3) is 0.727. The van der Waals surface area contributed by atoms with Gasteiger partial charge < -0.3 is 19.7 Å². The number of carboxylic acid groups (broad SMARTS) is 1. The number of hydrogen-bond donors (Lipinski definition) is 3. The van der Waals surface area contributed by atoms with Gasteiger partial charge in [-0.15, -0.1) is 0 Å². The highest BCUT2D eigenvalue weighted by molar-refractivity contribution is 7.89. The third-order valence-electron chi connectivity index (χ3n) is 5.60. The van der Waals surface area contributed by atoms with E-state index in [0.717, 1.165) is 38.3 Å². The molecular formula is C22H37BN4O7S. The molecule has 13 heteroatoms. The molecule has 0 saturated carbocycles. The van der Waals surface area contributed by atoms with Crippen molar-refractivity contribution in [2.75, 3.05) is 18.9 Å². The standard InChI is InChI=1S/C20H31BN4O7S.C2H6/c1-2-3-11-33(29,30)25-16(20(27)28)13-23-19(26)17-12-18(24-32-17)31-10-4-5-15-6-8-21(14-22)9-7-15;1-2/h12,15-16,25H,2-11,13H2,1H3,(H,23,26)(H,27,28);1-2H3. The summed E-state index contributed by atoms with van der Waals surface area (Å²) >= 11 is 0. The van der Waals surface area contributed by atoms with Crippen LogP contribution in [-0.4, -0.2) is 62.2 Å². The van der Waals surface area contributed by atoms with Gasteiger partial charge in [0.25, 0.3) is 18.5 Å². The maximum Gasteiger partial charge on any atom is 0.323 e. The number of aromatic nitrogens is 1. The number of aliphatic carboxylic acids is 1. The number of nitrogens with one attached hydrogen (secondary N) is 2. The van der Waals surface area contributed by atoms with Gasteiger partial charge >= 0.3 is 5.97 Å². The van der Waals surface area contributed by atoms with Gasteiger partial charge in [0, 0.05) is 12.5 Å². The van der Waals surface area contributed by atoms with E-state index in [4.69, 9.17) is 14.5 Å². The molecular weight excluding hydrogens is 475 g/mol. The average Bonchev–Trinajstić information content (AvgIpc) is 3.33. The Morgan fingerprint density at radius 2 is 2.03 bits per heavy atom. The van der Waals surface area contributed by atoms with Gasteiger partial charge in [-0.2, -0.15) is 4.72 Å². The first-order valence-corrected chi connectivity index (χ1v) is 13.9. The number of nitrogens with zero attached hydrogens (tertiary/aromatic N) is 2. The number of carbonyl (C=O) groups excluding carboxylic acids is 1. The minimum atomic E-state index is -3.77. The number of unbranched alkanes of at least 4 members (excludes halogenated alkanes) is 1. The molecule has 2 heterocycles. The highest BCUT2D eigenvalue weighted by Gasteiger charge is 2.26. The van der Waals surface area contributed by atoms with Crippen molar-refractivity contribution in [3.63, 3.8) is 0 Å².